The third-order valence-electron chi connectivity index (χ3n) is 8.22. The number of rotatable bonds is 9. The lowest BCUT2D eigenvalue weighted by molar-refractivity contribution is -0.505. The average molecular weight is 577 g/mol. The van der Waals surface area contributed by atoms with E-state index in [-0.39, 0.29) is 13.2 Å². The molecule has 0 aromatic heterocycles. The maximum absolute atomic E-state index is 6.77. The Kier molecular flexibility index (Phi) is 8.11. The van der Waals surface area contributed by atoms with E-state index < -0.39 is 35.7 Å². The smallest absolute Gasteiger partial charge is 0.285 e. The van der Waals surface area contributed by atoms with Crippen LogP contribution < -0.4 is 0 Å². The van der Waals surface area contributed by atoms with E-state index in [9.17, 15) is 0 Å². The first-order chi connectivity index (χ1) is 20.8. The Balaban J connectivity index is 1.33. The van der Waals surface area contributed by atoms with E-state index in [1.54, 1.807) is 0 Å². The van der Waals surface area contributed by atoms with Crippen LogP contribution in [0.1, 0.15) is 16.7 Å². The fraction of sp³-hybridized carbons (Fsp3) is 0.455. The molecule has 9 nitrogen and oxygen atoms in total. The van der Waals surface area contributed by atoms with Gasteiger partial charge in [-0.3, -0.25) is 0 Å². The van der Waals surface area contributed by atoms with E-state index in [4.69, 9.17) is 42.6 Å². The van der Waals surface area contributed by atoms with Crippen molar-refractivity contribution in [3.63, 3.8) is 0 Å². The summed E-state index contributed by atoms with van der Waals surface area (Å²) < 4.78 is 59.3. The number of fused-ring (bicyclic) bond motifs is 2. The van der Waals surface area contributed by atoms with Gasteiger partial charge in [0.25, 0.3) is 17.4 Å². The van der Waals surface area contributed by atoms with E-state index in [1.807, 2.05) is 91.0 Å². The summed E-state index contributed by atoms with van der Waals surface area (Å²) in [4.78, 5) is 0. The molecule has 3 aromatic carbocycles. The monoisotopic (exact) mass is 576 g/mol. The fourth-order valence-electron chi connectivity index (χ4n) is 6.46. The number of benzene rings is 3. The van der Waals surface area contributed by atoms with Crippen molar-refractivity contribution < 1.29 is 42.6 Å². The van der Waals surface area contributed by atoms with Crippen LogP contribution in [0.2, 0.25) is 0 Å². The predicted octanol–water partition coefficient (Wildman–Crippen LogP) is 3.99. The van der Waals surface area contributed by atoms with Crippen LogP contribution in [0, 0.1) is 0 Å². The van der Waals surface area contributed by atoms with Gasteiger partial charge in [-0.25, -0.2) is 0 Å². The topological polar surface area (TPSA) is 83.1 Å². The summed E-state index contributed by atoms with van der Waals surface area (Å²) in [6.07, 6.45) is -2.42. The highest BCUT2D eigenvalue weighted by Crippen LogP contribution is 2.58. The van der Waals surface area contributed by atoms with E-state index >= 15 is 0 Å². The Morgan fingerprint density at radius 1 is 0.452 bits per heavy atom. The molecule has 0 N–H and O–H groups in total. The predicted molar refractivity (Wildman–Crippen MR) is 149 cm³/mol. The lowest BCUT2D eigenvalue weighted by atomic mass is 9.75. The van der Waals surface area contributed by atoms with Gasteiger partial charge >= 0.3 is 0 Å². The maximum Gasteiger partial charge on any atom is 0.285 e. The Morgan fingerprint density at radius 2 is 0.786 bits per heavy atom. The zero-order valence-electron chi connectivity index (χ0n) is 23.4. The normalized spacial score (nSPS) is 27.3. The molecule has 1 unspecified atom stereocenters. The van der Waals surface area contributed by atoms with Crippen LogP contribution in [-0.4, -0.2) is 75.3 Å². The molecule has 42 heavy (non-hydrogen) atoms. The van der Waals surface area contributed by atoms with Crippen molar-refractivity contribution in [1.29, 1.82) is 0 Å². The summed E-state index contributed by atoms with van der Waals surface area (Å²) in [6, 6.07) is 29.9. The first-order valence-electron chi connectivity index (χ1n) is 14.6. The number of hydrogen-bond acceptors (Lipinski definition) is 9. The first kappa shape index (κ1) is 28.1. The summed E-state index contributed by atoms with van der Waals surface area (Å²) in [6.45, 7) is 2.72. The third-order valence-corrected chi connectivity index (χ3v) is 8.22. The lowest BCUT2D eigenvalue weighted by Gasteiger charge is -2.60. The molecule has 4 aliphatic rings. The molecule has 0 bridgehead atoms. The highest BCUT2D eigenvalue weighted by Gasteiger charge is 2.85. The lowest BCUT2D eigenvalue weighted by Crippen LogP contribution is -2.85. The average Bonchev–Trinajstić information content (AvgIpc) is 3.83. The van der Waals surface area contributed by atoms with E-state index in [2.05, 4.69) is 0 Å². The van der Waals surface area contributed by atoms with Crippen molar-refractivity contribution in [2.75, 3.05) is 39.6 Å². The Labute approximate surface area is 245 Å². The third kappa shape index (κ3) is 4.79. The Bertz CT molecular complexity index is 1200. The summed E-state index contributed by atoms with van der Waals surface area (Å²) in [5, 5.41) is 0. The summed E-state index contributed by atoms with van der Waals surface area (Å²) in [5.74, 6) is -4.71. The SMILES string of the molecule is c1ccc(COC2[C@@H](OCc3ccccc3)C3(OCCO3)C3(OCCO3)C3(OCCO3)[C@H]2OCc2ccccc2)cc1. The summed E-state index contributed by atoms with van der Waals surface area (Å²) in [5.41, 5.74) is 2.98. The molecule has 9 heteroatoms. The van der Waals surface area contributed by atoms with Crippen LogP contribution in [0.15, 0.2) is 91.0 Å². The highest BCUT2D eigenvalue weighted by atomic mass is 16.9. The van der Waals surface area contributed by atoms with Crippen molar-refractivity contribution in [1.82, 2.24) is 0 Å². The van der Waals surface area contributed by atoms with Crippen LogP contribution in [-0.2, 0) is 62.5 Å². The van der Waals surface area contributed by atoms with E-state index in [1.165, 1.54) is 0 Å². The zero-order chi connectivity index (χ0) is 28.3. The molecule has 222 valence electrons. The molecule has 3 atom stereocenters. The molecule has 0 radical (unpaired) electrons. The van der Waals surface area contributed by atoms with Gasteiger partial charge in [0.2, 0.25) is 0 Å². The largest absolute Gasteiger partial charge is 0.368 e. The minimum Gasteiger partial charge on any atom is -0.368 e. The molecule has 3 aliphatic heterocycles. The molecule has 3 heterocycles. The van der Waals surface area contributed by atoms with E-state index in [0.29, 0.717) is 46.2 Å². The highest BCUT2D eigenvalue weighted by molar-refractivity contribution is 5.22. The molecule has 3 aromatic rings. The molecule has 7 rings (SSSR count). The Hall–Kier alpha value is -2.70. The second kappa shape index (κ2) is 12.1. The van der Waals surface area contributed by atoms with Gasteiger partial charge in [-0.15, -0.1) is 0 Å². The van der Waals surface area contributed by atoms with Gasteiger partial charge < -0.3 is 42.6 Å². The van der Waals surface area contributed by atoms with Crippen molar-refractivity contribution >= 4 is 0 Å². The van der Waals surface area contributed by atoms with Gasteiger partial charge in [0, 0.05) is 0 Å². The van der Waals surface area contributed by atoms with Crippen LogP contribution in [0.3, 0.4) is 0 Å². The van der Waals surface area contributed by atoms with Gasteiger partial charge in [0.05, 0.1) is 59.5 Å². The number of ether oxygens (including phenoxy) is 9. The van der Waals surface area contributed by atoms with Crippen LogP contribution in [0.25, 0.3) is 0 Å². The van der Waals surface area contributed by atoms with Crippen LogP contribution in [0.4, 0.5) is 0 Å². The minimum atomic E-state index is -1.62. The second-order valence-corrected chi connectivity index (χ2v) is 10.7. The molecule has 3 spiro atoms. The van der Waals surface area contributed by atoms with Gasteiger partial charge in [-0.05, 0) is 16.7 Å². The minimum absolute atomic E-state index is 0.279. The van der Waals surface area contributed by atoms with Crippen molar-refractivity contribution in [3.05, 3.63) is 108 Å². The molecule has 1 saturated carbocycles. The molecule has 4 fully saturated rings. The van der Waals surface area contributed by atoms with Gasteiger partial charge in [0.15, 0.2) is 0 Å². The van der Waals surface area contributed by atoms with E-state index in [0.717, 1.165) is 16.7 Å². The van der Waals surface area contributed by atoms with Crippen molar-refractivity contribution in [3.8, 4) is 0 Å². The van der Waals surface area contributed by atoms with Gasteiger partial charge in [-0.1, -0.05) is 91.0 Å². The quantitative estimate of drug-likeness (QED) is 0.376. The molecule has 3 saturated heterocycles. The first-order valence-corrected chi connectivity index (χ1v) is 14.6. The molecular formula is C33H36O9. The summed E-state index contributed by atoms with van der Waals surface area (Å²) >= 11 is 0. The van der Waals surface area contributed by atoms with Gasteiger partial charge in [-0.2, -0.15) is 0 Å². The van der Waals surface area contributed by atoms with Crippen LogP contribution in [0.5, 0.6) is 0 Å². The molecule has 1 aliphatic carbocycles. The maximum atomic E-state index is 6.77. The number of hydrogen-bond donors (Lipinski definition) is 0. The molecular weight excluding hydrogens is 540 g/mol. The standard InChI is InChI=1S/C33H36O9/c1-4-10-25(11-5-1)22-34-28-29(35-23-26-12-6-2-7-13-26)31(37-16-17-38-31)33(41-20-21-42-33)32(39-18-19-40-32)30(28)36-24-27-14-8-3-9-15-27/h1-15,28-30H,16-24H2/t28?,29-,30+. The Morgan fingerprint density at radius 3 is 1.17 bits per heavy atom. The molecule has 0 amide bonds. The van der Waals surface area contributed by atoms with Gasteiger partial charge in [0.1, 0.15) is 18.3 Å². The van der Waals surface area contributed by atoms with Crippen molar-refractivity contribution in [2.45, 2.75) is 55.5 Å². The van der Waals surface area contributed by atoms with Crippen molar-refractivity contribution in [2.24, 2.45) is 0 Å². The second-order valence-electron chi connectivity index (χ2n) is 10.7. The van der Waals surface area contributed by atoms with Crippen LogP contribution >= 0.6 is 0 Å². The fourth-order valence-corrected chi connectivity index (χ4v) is 6.46. The zero-order valence-corrected chi connectivity index (χ0v) is 23.4. The summed E-state index contributed by atoms with van der Waals surface area (Å²) in [7, 11) is 0.